The average Bonchev–Trinajstić information content (AvgIpc) is 3.06. The molecule has 11 nitrogen and oxygen atoms in total. The Morgan fingerprint density at radius 2 is 1.93 bits per heavy atom. The minimum Gasteiger partial charge on any atom is -0.394 e. The number of nitrogens with one attached hydrogen (secondary N) is 2. The first-order chi connectivity index (χ1) is 21.8. The van der Waals surface area contributed by atoms with E-state index in [1.807, 2.05) is 0 Å². The molecule has 0 bridgehead atoms. The van der Waals surface area contributed by atoms with Crippen LogP contribution in [0.2, 0.25) is 0 Å². The SMILES string of the molecule is CCCCc1ncccc1C(=O)Nc1cccc(-c2cn(C)c(=O)c(Nc3ccc(C(=O)N4CCOC(CO)C4)cc3)n2)c1F. The van der Waals surface area contributed by atoms with E-state index in [2.05, 4.69) is 27.5 Å². The zero-order chi connectivity index (χ0) is 31.9. The number of hydrogen-bond donors (Lipinski definition) is 3. The molecular formula is C33H35FN6O5. The summed E-state index contributed by atoms with van der Waals surface area (Å²) < 4.78 is 22.5. The van der Waals surface area contributed by atoms with Crippen LogP contribution in [0.1, 0.15) is 46.2 Å². The van der Waals surface area contributed by atoms with Crippen molar-refractivity contribution in [2.45, 2.75) is 32.3 Å². The van der Waals surface area contributed by atoms with Gasteiger partial charge in [-0.15, -0.1) is 0 Å². The second-order valence-electron chi connectivity index (χ2n) is 10.7. The number of aliphatic hydroxyl groups is 1. The van der Waals surface area contributed by atoms with E-state index >= 15 is 4.39 Å². The van der Waals surface area contributed by atoms with Crippen LogP contribution in [0.3, 0.4) is 0 Å². The number of halogens is 1. The number of amides is 2. The Hall–Kier alpha value is -4.94. The van der Waals surface area contributed by atoms with Gasteiger partial charge >= 0.3 is 0 Å². The smallest absolute Gasteiger partial charge is 0.293 e. The van der Waals surface area contributed by atoms with E-state index < -0.39 is 23.4 Å². The van der Waals surface area contributed by atoms with E-state index in [1.165, 1.54) is 29.9 Å². The molecule has 1 saturated heterocycles. The standard InChI is InChI=1S/C33H35FN6O5/c1-3-4-9-26-25(8-6-15-35-26)31(42)38-27-10-5-7-24(29(27)34)28-19-39(2)33(44)30(37-28)36-22-13-11-21(12-14-22)32(43)40-16-17-45-23(18-40)20-41/h5-8,10-15,19,23,41H,3-4,9,16-18,20H2,1-2H3,(H,36,37)(H,38,42). The summed E-state index contributed by atoms with van der Waals surface area (Å²) >= 11 is 0. The third-order valence-corrected chi connectivity index (χ3v) is 7.52. The van der Waals surface area contributed by atoms with Gasteiger partial charge in [0, 0.05) is 49.3 Å². The van der Waals surface area contributed by atoms with E-state index in [0.29, 0.717) is 48.6 Å². The molecule has 4 aromatic rings. The summed E-state index contributed by atoms with van der Waals surface area (Å²) in [7, 11) is 1.53. The number of carbonyl (C=O) groups is 2. The summed E-state index contributed by atoms with van der Waals surface area (Å²) in [6, 6.07) is 14.5. The van der Waals surface area contributed by atoms with Crippen LogP contribution in [-0.2, 0) is 18.2 Å². The van der Waals surface area contributed by atoms with Crippen molar-refractivity contribution in [3.05, 3.63) is 100.0 Å². The van der Waals surface area contributed by atoms with Crippen LogP contribution in [0.4, 0.5) is 21.6 Å². The molecule has 2 aromatic carbocycles. The number of hydrogen-bond acceptors (Lipinski definition) is 8. The number of morpholine rings is 1. The molecule has 0 spiro atoms. The van der Waals surface area contributed by atoms with Gasteiger partial charge in [-0.25, -0.2) is 9.37 Å². The summed E-state index contributed by atoms with van der Waals surface area (Å²) in [6.45, 7) is 2.96. The van der Waals surface area contributed by atoms with E-state index in [9.17, 15) is 19.5 Å². The Kier molecular flexibility index (Phi) is 9.95. The maximum Gasteiger partial charge on any atom is 0.293 e. The van der Waals surface area contributed by atoms with Crippen LogP contribution < -0.4 is 16.2 Å². The van der Waals surface area contributed by atoms with Crippen molar-refractivity contribution < 1.29 is 23.8 Å². The van der Waals surface area contributed by atoms with E-state index in [4.69, 9.17) is 4.74 Å². The quantitative estimate of drug-likeness (QED) is 0.242. The van der Waals surface area contributed by atoms with Gasteiger partial charge in [0.15, 0.2) is 11.6 Å². The fourth-order valence-corrected chi connectivity index (χ4v) is 5.05. The number of benzene rings is 2. The number of aliphatic hydroxyl groups excluding tert-OH is 1. The molecule has 12 heteroatoms. The molecule has 45 heavy (non-hydrogen) atoms. The molecule has 1 aliphatic heterocycles. The Morgan fingerprint density at radius 3 is 2.69 bits per heavy atom. The monoisotopic (exact) mass is 614 g/mol. The van der Waals surface area contributed by atoms with Gasteiger partial charge in [0.25, 0.3) is 17.4 Å². The molecule has 2 aromatic heterocycles. The fraction of sp³-hybridized carbons (Fsp3) is 0.303. The summed E-state index contributed by atoms with van der Waals surface area (Å²) in [6.07, 6.45) is 5.10. The number of carbonyl (C=O) groups excluding carboxylic acids is 2. The molecule has 1 fully saturated rings. The van der Waals surface area contributed by atoms with Crippen molar-refractivity contribution >= 4 is 29.0 Å². The van der Waals surface area contributed by atoms with Gasteiger partial charge < -0.3 is 29.9 Å². The van der Waals surface area contributed by atoms with Crippen molar-refractivity contribution in [1.29, 1.82) is 0 Å². The molecule has 0 radical (unpaired) electrons. The number of aromatic nitrogens is 3. The number of nitrogens with zero attached hydrogens (tertiary/aromatic N) is 4. The maximum atomic E-state index is 15.8. The number of unbranched alkanes of at least 4 members (excludes halogenated alkanes) is 1. The second-order valence-corrected chi connectivity index (χ2v) is 10.7. The van der Waals surface area contributed by atoms with E-state index in [0.717, 1.165) is 12.8 Å². The Balaban J connectivity index is 1.35. The van der Waals surface area contributed by atoms with Crippen LogP contribution in [0.15, 0.2) is 71.8 Å². The lowest BCUT2D eigenvalue weighted by Gasteiger charge is -2.32. The molecule has 5 rings (SSSR count). The predicted molar refractivity (Wildman–Crippen MR) is 168 cm³/mol. The highest BCUT2D eigenvalue weighted by atomic mass is 19.1. The van der Waals surface area contributed by atoms with Gasteiger partial charge in [0.2, 0.25) is 0 Å². The van der Waals surface area contributed by atoms with Crippen molar-refractivity contribution in [3.8, 4) is 11.3 Å². The third kappa shape index (κ3) is 7.24. The first kappa shape index (κ1) is 31.5. The van der Waals surface area contributed by atoms with Gasteiger partial charge in [-0.3, -0.25) is 19.4 Å². The molecule has 3 N–H and O–H groups in total. The van der Waals surface area contributed by atoms with Gasteiger partial charge in [-0.2, -0.15) is 0 Å². The molecule has 0 aliphatic carbocycles. The molecule has 1 atom stereocenters. The number of rotatable bonds is 10. The average molecular weight is 615 g/mol. The normalized spacial score (nSPS) is 14.7. The van der Waals surface area contributed by atoms with Crippen molar-refractivity contribution in [1.82, 2.24) is 19.4 Å². The zero-order valence-corrected chi connectivity index (χ0v) is 25.1. The van der Waals surface area contributed by atoms with Crippen molar-refractivity contribution in [3.63, 3.8) is 0 Å². The lowest BCUT2D eigenvalue weighted by molar-refractivity contribution is -0.0447. The topological polar surface area (TPSA) is 139 Å². The van der Waals surface area contributed by atoms with Gasteiger partial charge in [-0.1, -0.05) is 19.4 Å². The summed E-state index contributed by atoms with van der Waals surface area (Å²) in [5, 5.41) is 15.0. The molecule has 1 aliphatic rings. The van der Waals surface area contributed by atoms with Crippen LogP contribution >= 0.6 is 0 Å². The van der Waals surface area contributed by atoms with E-state index in [-0.39, 0.29) is 35.3 Å². The highest BCUT2D eigenvalue weighted by molar-refractivity contribution is 6.05. The van der Waals surface area contributed by atoms with Crippen molar-refractivity contribution in [2.75, 3.05) is 36.9 Å². The molecular weight excluding hydrogens is 579 g/mol. The van der Waals surface area contributed by atoms with Crippen LogP contribution in [0.25, 0.3) is 11.3 Å². The first-order valence-corrected chi connectivity index (χ1v) is 14.8. The largest absolute Gasteiger partial charge is 0.394 e. The minimum absolute atomic E-state index is 0.0289. The fourth-order valence-electron chi connectivity index (χ4n) is 5.05. The highest BCUT2D eigenvalue weighted by Gasteiger charge is 2.25. The number of aryl methyl sites for hydroxylation is 2. The molecule has 0 saturated carbocycles. The molecule has 234 valence electrons. The summed E-state index contributed by atoms with van der Waals surface area (Å²) in [5.74, 6) is -1.40. The number of pyridine rings is 1. The Labute approximate surface area is 259 Å². The molecule has 2 amide bonds. The zero-order valence-electron chi connectivity index (χ0n) is 25.1. The Bertz CT molecular complexity index is 1740. The van der Waals surface area contributed by atoms with Crippen molar-refractivity contribution in [2.24, 2.45) is 7.05 Å². The molecule has 3 heterocycles. The van der Waals surface area contributed by atoms with Crippen LogP contribution in [0.5, 0.6) is 0 Å². The number of anilines is 3. The summed E-state index contributed by atoms with van der Waals surface area (Å²) in [5.41, 5.74) is 1.78. The van der Waals surface area contributed by atoms with Gasteiger partial charge in [0.05, 0.1) is 42.0 Å². The Morgan fingerprint density at radius 1 is 1.13 bits per heavy atom. The summed E-state index contributed by atoms with van der Waals surface area (Å²) in [4.78, 5) is 49.4. The highest BCUT2D eigenvalue weighted by Crippen LogP contribution is 2.28. The molecule has 1 unspecified atom stereocenters. The first-order valence-electron chi connectivity index (χ1n) is 14.8. The lowest BCUT2D eigenvalue weighted by Crippen LogP contribution is -2.46. The number of ether oxygens (including phenoxy) is 1. The second kappa shape index (κ2) is 14.2. The lowest BCUT2D eigenvalue weighted by atomic mass is 10.1. The van der Waals surface area contributed by atoms with Gasteiger partial charge in [-0.05, 0) is 61.4 Å². The van der Waals surface area contributed by atoms with Crippen LogP contribution in [-0.4, -0.2) is 68.8 Å². The minimum atomic E-state index is -0.698. The van der Waals surface area contributed by atoms with Crippen LogP contribution in [0, 0.1) is 5.82 Å². The third-order valence-electron chi connectivity index (χ3n) is 7.52. The maximum absolute atomic E-state index is 15.8. The van der Waals surface area contributed by atoms with E-state index in [1.54, 1.807) is 53.6 Å². The predicted octanol–water partition coefficient (Wildman–Crippen LogP) is 4.15. The van der Waals surface area contributed by atoms with Gasteiger partial charge in [0.1, 0.15) is 0 Å².